The summed E-state index contributed by atoms with van der Waals surface area (Å²) in [7, 11) is -3.96. The molecule has 0 saturated heterocycles. The fourth-order valence-electron chi connectivity index (χ4n) is 3.43. The lowest BCUT2D eigenvalue weighted by molar-refractivity contribution is -0.140. The van der Waals surface area contributed by atoms with Gasteiger partial charge in [0.15, 0.2) is 0 Å². The van der Waals surface area contributed by atoms with Crippen molar-refractivity contribution in [1.82, 2.24) is 10.2 Å². The Kier molecular flexibility index (Phi) is 10.5. The van der Waals surface area contributed by atoms with Crippen molar-refractivity contribution in [3.63, 3.8) is 0 Å². The van der Waals surface area contributed by atoms with Crippen LogP contribution in [0.3, 0.4) is 0 Å². The van der Waals surface area contributed by atoms with Crippen molar-refractivity contribution >= 4 is 73.9 Å². The zero-order valence-electron chi connectivity index (χ0n) is 19.7. The Morgan fingerprint density at radius 2 is 1.51 bits per heavy atom. The summed E-state index contributed by atoms with van der Waals surface area (Å²) in [6.45, 7) is 4.62. The summed E-state index contributed by atoms with van der Waals surface area (Å²) in [5, 5.41) is 3.55. The van der Waals surface area contributed by atoms with Gasteiger partial charge in [-0.25, -0.2) is 8.42 Å². The lowest BCUT2D eigenvalue weighted by atomic mass is 10.1. The maximum Gasteiger partial charge on any atom is 0.244 e. The highest BCUT2D eigenvalue weighted by Crippen LogP contribution is 2.34. The minimum Gasteiger partial charge on any atom is -0.352 e. The Morgan fingerprint density at radius 3 is 2.03 bits per heavy atom. The third-order valence-electron chi connectivity index (χ3n) is 5.09. The number of benzene rings is 2. The van der Waals surface area contributed by atoms with Crippen LogP contribution >= 0.6 is 46.4 Å². The summed E-state index contributed by atoms with van der Waals surface area (Å²) >= 11 is 25.0. The number of sulfonamides is 1. The Hall–Kier alpha value is -1.71. The lowest BCUT2D eigenvalue weighted by Gasteiger charge is -2.33. The molecule has 0 radical (unpaired) electrons. The average Bonchev–Trinajstić information content (AvgIpc) is 2.74. The number of carbonyl (C=O) groups excluding carboxylic acids is 2. The van der Waals surface area contributed by atoms with Gasteiger partial charge in [0.05, 0.1) is 22.0 Å². The number of rotatable bonds is 10. The van der Waals surface area contributed by atoms with E-state index in [4.69, 9.17) is 46.4 Å². The average molecular weight is 583 g/mol. The number of hydrogen-bond acceptors (Lipinski definition) is 4. The molecular formula is C23H27Cl4N3O4S. The molecule has 0 heterocycles. The van der Waals surface area contributed by atoms with E-state index in [1.54, 1.807) is 39.0 Å². The maximum atomic E-state index is 13.7. The Balaban J connectivity index is 2.55. The molecule has 0 unspecified atom stereocenters. The van der Waals surface area contributed by atoms with Crippen molar-refractivity contribution < 1.29 is 18.0 Å². The summed E-state index contributed by atoms with van der Waals surface area (Å²) in [5.41, 5.74) is 0.483. The highest BCUT2D eigenvalue weighted by molar-refractivity contribution is 7.92. The zero-order chi connectivity index (χ0) is 26.5. The number of nitrogens with zero attached hydrogens (tertiary/aromatic N) is 2. The van der Waals surface area contributed by atoms with Crippen LogP contribution in [0.25, 0.3) is 0 Å². The van der Waals surface area contributed by atoms with Gasteiger partial charge in [0, 0.05) is 28.2 Å². The van der Waals surface area contributed by atoms with Crippen LogP contribution in [0.15, 0.2) is 36.4 Å². The molecule has 0 aliphatic heterocycles. The van der Waals surface area contributed by atoms with E-state index in [-0.39, 0.29) is 40.6 Å². The minimum atomic E-state index is -3.96. The quantitative estimate of drug-likeness (QED) is 0.406. The molecule has 192 valence electrons. The number of nitrogens with one attached hydrogen (secondary N) is 1. The van der Waals surface area contributed by atoms with Crippen molar-refractivity contribution in [3.8, 4) is 0 Å². The van der Waals surface area contributed by atoms with E-state index in [0.29, 0.717) is 15.6 Å². The number of carbonyl (C=O) groups is 2. The molecule has 0 aliphatic carbocycles. The molecule has 35 heavy (non-hydrogen) atoms. The van der Waals surface area contributed by atoms with Crippen LogP contribution in [-0.2, 0) is 26.2 Å². The summed E-state index contributed by atoms with van der Waals surface area (Å²) in [4.78, 5) is 27.9. The van der Waals surface area contributed by atoms with Crippen molar-refractivity contribution in [2.75, 3.05) is 17.1 Å². The van der Waals surface area contributed by atoms with Gasteiger partial charge < -0.3 is 10.2 Å². The third-order valence-corrected chi connectivity index (χ3v) is 7.73. The first-order valence-electron chi connectivity index (χ1n) is 10.7. The van der Waals surface area contributed by atoms with Crippen molar-refractivity contribution in [3.05, 3.63) is 62.1 Å². The highest BCUT2D eigenvalue weighted by Gasteiger charge is 2.33. The SMILES string of the molecule is CC[C@@H](C(=O)NC(C)C)N(Cc1c(Cl)cccc1Cl)C(=O)CN(c1cccc(Cl)c1Cl)S(C)(=O)=O. The van der Waals surface area contributed by atoms with E-state index in [1.807, 2.05) is 0 Å². The second-order valence-corrected chi connectivity index (χ2v) is 11.7. The summed E-state index contributed by atoms with van der Waals surface area (Å²) in [6.07, 6.45) is 1.22. The van der Waals surface area contributed by atoms with E-state index in [0.717, 1.165) is 10.6 Å². The fourth-order valence-corrected chi connectivity index (χ4v) is 5.25. The van der Waals surface area contributed by atoms with E-state index >= 15 is 0 Å². The van der Waals surface area contributed by atoms with E-state index in [1.165, 1.54) is 23.1 Å². The molecule has 1 atom stereocenters. The monoisotopic (exact) mass is 581 g/mol. The minimum absolute atomic E-state index is 0.0160. The van der Waals surface area contributed by atoms with Crippen molar-refractivity contribution in [1.29, 1.82) is 0 Å². The molecule has 1 N–H and O–H groups in total. The smallest absolute Gasteiger partial charge is 0.244 e. The van der Waals surface area contributed by atoms with Gasteiger partial charge in [0.25, 0.3) is 0 Å². The molecule has 0 spiro atoms. The molecule has 0 fully saturated rings. The predicted octanol–water partition coefficient (Wildman–Crippen LogP) is 5.40. The van der Waals surface area contributed by atoms with Crippen LogP contribution in [0.5, 0.6) is 0 Å². The first kappa shape index (κ1) is 29.5. The van der Waals surface area contributed by atoms with Gasteiger partial charge in [-0.1, -0.05) is 65.5 Å². The van der Waals surface area contributed by atoms with Gasteiger partial charge in [-0.05, 0) is 44.5 Å². The van der Waals surface area contributed by atoms with Gasteiger partial charge in [-0.3, -0.25) is 13.9 Å². The second kappa shape index (κ2) is 12.5. The van der Waals surface area contributed by atoms with Crippen LogP contribution in [0, 0.1) is 0 Å². The van der Waals surface area contributed by atoms with Gasteiger partial charge in [-0.2, -0.15) is 0 Å². The van der Waals surface area contributed by atoms with Crippen LogP contribution in [0.1, 0.15) is 32.8 Å². The van der Waals surface area contributed by atoms with Gasteiger partial charge in [0.2, 0.25) is 21.8 Å². The Bertz CT molecular complexity index is 1170. The van der Waals surface area contributed by atoms with Crippen LogP contribution in [-0.4, -0.2) is 50.0 Å². The summed E-state index contributed by atoms with van der Waals surface area (Å²) in [5.74, 6) is -1.03. The van der Waals surface area contributed by atoms with E-state index < -0.39 is 28.5 Å². The van der Waals surface area contributed by atoms with Crippen molar-refractivity contribution in [2.45, 2.75) is 45.8 Å². The van der Waals surface area contributed by atoms with Crippen LogP contribution in [0.4, 0.5) is 5.69 Å². The van der Waals surface area contributed by atoms with Gasteiger partial charge in [0.1, 0.15) is 12.6 Å². The predicted molar refractivity (Wildman–Crippen MR) is 143 cm³/mol. The molecule has 2 rings (SSSR count). The topological polar surface area (TPSA) is 86.8 Å². The Labute approximate surface area is 226 Å². The first-order valence-corrected chi connectivity index (χ1v) is 14.1. The summed E-state index contributed by atoms with van der Waals surface area (Å²) in [6, 6.07) is 8.30. The lowest BCUT2D eigenvalue weighted by Crippen LogP contribution is -2.53. The maximum absolute atomic E-state index is 13.7. The first-order chi connectivity index (χ1) is 16.3. The molecular weight excluding hydrogens is 556 g/mol. The highest BCUT2D eigenvalue weighted by atomic mass is 35.5. The molecule has 2 aromatic carbocycles. The molecule has 2 aromatic rings. The number of amides is 2. The molecule has 0 aliphatic rings. The molecule has 0 aromatic heterocycles. The van der Waals surface area contributed by atoms with Gasteiger partial charge >= 0.3 is 0 Å². The van der Waals surface area contributed by atoms with E-state index in [2.05, 4.69) is 5.32 Å². The molecule has 2 amide bonds. The molecule has 12 heteroatoms. The number of hydrogen-bond donors (Lipinski definition) is 1. The zero-order valence-corrected chi connectivity index (χ0v) is 23.5. The van der Waals surface area contributed by atoms with Crippen LogP contribution in [0.2, 0.25) is 20.1 Å². The standard InChI is InChI=1S/C23H27Cl4N3O4S/c1-5-19(23(32)28-14(2)3)29(12-15-16(24)8-6-9-17(15)25)21(31)13-30(35(4,33)34)20-11-7-10-18(26)22(20)27/h6-11,14,19H,5,12-13H2,1-4H3,(H,28,32)/t19-/m0/s1. The molecule has 0 saturated carbocycles. The number of anilines is 1. The second-order valence-electron chi connectivity index (χ2n) is 8.15. The van der Waals surface area contributed by atoms with E-state index in [9.17, 15) is 18.0 Å². The fraction of sp³-hybridized carbons (Fsp3) is 0.391. The number of halogens is 4. The van der Waals surface area contributed by atoms with Crippen LogP contribution < -0.4 is 9.62 Å². The summed E-state index contributed by atoms with van der Waals surface area (Å²) < 4.78 is 26.2. The molecule has 0 bridgehead atoms. The largest absolute Gasteiger partial charge is 0.352 e. The van der Waals surface area contributed by atoms with Crippen molar-refractivity contribution in [2.24, 2.45) is 0 Å². The Morgan fingerprint density at radius 1 is 0.971 bits per heavy atom. The third kappa shape index (κ3) is 7.64. The normalized spacial score (nSPS) is 12.4. The molecule has 7 nitrogen and oxygen atoms in total. The van der Waals surface area contributed by atoms with Gasteiger partial charge in [-0.15, -0.1) is 0 Å².